The number of anilines is 1. The van der Waals surface area contributed by atoms with E-state index in [-0.39, 0.29) is 12.2 Å². The molecule has 1 aliphatic heterocycles. The monoisotopic (exact) mass is 282 g/mol. The Morgan fingerprint density at radius 1 is 1.32 bits per heavy atom. The van der Waals surface area contributed by atoms with Crippen LogP contribution >= 0.6 is 11.6 Å². The molecule has 1 fully saturated rings. The highest BCUT2D eigenvalue weighted by molar-refractivity contribution is 6.33. The summed E-state index contributed by atoms with van der Waals surface area (Å²) in [5, 5.41) is 4.05. The zero-order valence-electron chi connectivity index (χ0n) is 12.1. The third-order valence-electron chi connectivity index (χ3n) is 3.67. The van der Waals surface area contributed by atoms with E-state index in [2.05, 4.69) is 49.2 Å². The lowest BCUT2D eigenvalue weighted by atomic mass is 10.1. The van der Waals surface area contributed by atoms with E-state index in [1.807, 2.05) is 7.05 Å². The van der Waals surface area contributed by atoms with Gasteiger partial charge in [-0.25, -0.2) is 0 Å². The van der Waals surface area contributed by atoms with E-state index in [1.54, 1.807) is 0 Å². The second kappa shape index (κ2) is 6.12. The van der Waals surface area contributed by atoms with Gasteiger partial charge in [-0.05, 0) is 45.5 Å². The molecular formula is C15H23ClN2O. The number of morpholine rings is 1. The highest BCUT2D eigenvalue weighted by atomic mass is 35.5. The van der Waals surface area contributed by atoms with Crippen LogP contribution in [0.25, 0.3) is 0 Å². The molecule has 3 nitrogen and oxygen atoms in total. The van der Waals surface area contributed by atoms with E-state index < -0.39 is 0 Å². The summed E-state index contributed by atoms with van der Waals surface area (Å²) in [6.45, 7) is 8.13. The summed E-state index contributed by atoms with van der Waals surface area (Å²) in [7, 11) is 1.96. The van der Waals surface area contributed by atoms with Crippen molar-refractivity contribution in [2.75, 3.05) is 25.0 Å². The molecule has 19 heavy (non-hydrogen) atoms. The van der Waals surface area contributed by atoms with Crippen LogP contribution in [0.15, 0.2) is 18.2 Å². The smallest absolute Gasteiger partial charge is 0.0726 e. The van der Waals surface area contributed by atoms with Crippen molar-refractivity contribution in [3.8, 4) is 0 Å². The van der Waals surface area contributed by atoms with E-state index in [9.17, 15) is 0 Å². The maximum Gasteiger partial charge on any atom is 0.0726 e. The van der Waals surface area contributed by atoms with E-state index in [1.165, 1.54) is 5.56 Å². The molecular weight excluding hydrogens is 260 g/mol. The van der Waals surface area contributed by atoms with Crippen LogP contribution in [0.1, 0.15) is 32.4 Å². The third-order valence-corrected chi connectivity index (χ3v) is 3.97. The second-order valence-corrected chi connectivity index (χ2v) is 5.79. The molecule has 2 rings (SSSR count). The maximum atomic E-state index is 6.45. The molecule has 0 radical (unpaired) electrons. The Morgan fingerprint density at radius 2 is 1.95 bits per heavy atom. The lowest BCUT2D eigenvalue weighted by Gasteiger charge is -2.37. The zero-order valence-corrected chi connectivity index (χ0v) is 12.9. The van der Waals surface area contributed by atoms with E-state index in [0.29, 0.717) is 6.04 Å². The van der Waals surface area contributed by atoms with Crippen molar-refractivity contribution in [2.45, 2.75) is 39.0 Å². The summed E-state index contributed by atoms with van der Waals surface area (Å²) < 4.78 is 5.76. The molecule has 0 bridgehead atoms. The van der Waals surface area contributed by atoms with Gasteiger partial charge in [-0.15, -0.1) is 0 Å². The number of halogens is 1. The maximum absolute atomic E-state index is 6.45. The highest BCUT2D eigenvalue weighted by Gasteiger charge is 2.23. The summed E-state index contributed by atoms with van der Waals surface area (Å²) in [6, 6.07) is 6.64. The zero-order chi connectivity index (χ0) is 14.0. The third kappa shape index (κ3) is 3.41. The van der Waals surface area contributed by atoms with Gasteiger partial charge in [-0.2, -0.15) is 0 Å². The minimum absolute atomic E-state index is 0.246. The summed E-state index contributed by atoms with van der Waals surface area (Å²) in [5.41, 5.74) is 2.32. The van der Waals surface area contributed by atoms with Gasteiger partial charge < -0.3 is 15.0 Å². The van der Waals surface area contributed by atoms with Crippen LogP contribution in [-0.2, 0) is 4.74 Å². The molecule has 1 aliphatic rings. The Hall–Kier alpha value is -0.770. The van der Waals surface area contributed by atoms with Gasteiger partial charge in [0, 0.05) is 19.1 Å². The van der Waals surface area contributed by atoms with Crippen LogP contribution in [0.3, 0.4) is 0 Å². The summed E-state index contributed by atoms with van der Waals surface area (Å²) in [4.78, 5) is 2.31. The molecule has 1 aromatic carbocycles. The average Bonchev–Trinajstić information content (AvgIpc) is 2.36. The Labute approximate surface area is 120 Å². The van der Waals surface area contributed by atoms with Crippen molar-refractivity contribution in [3.05, 3.63) is 28.8 Å². The van der Waals surface area contributed by atoms with Gasteiger partial charge in [0.05, 0.1) is 22.9 Å². The van der Waals surface area contributed by atoms with E-state index in [4.69, 9.17) is 16.3 Å². The lowest BCUT2D eigenvalue weighted by Crippen LogP contribution is -2.45. The van der Waals surface area contributed by atoms with E-state index in [0.717, 1.165) is 23.8 Å². The second-order valence-electron chi connectivity index (χ2n) is 5.38. The van der Waals surface area contributed by atoms with Crippen LogP contribution in [0, 0.1) is 0 Å². The number of rotatable bonds is 3. The first-order valence-corrected chi connectivity index (χ1v) is 7.26. The van der Waals surface area contributed by atoms with Crippen LogP contribution in [-0.4, -0.2) is 32.3 Å². The first kappa shape index (κ1) is 14.6. The molecule has 1 saturated heterocycles. The molecule has 3 unspecified atom stereocenters. The molecule has 0 spiro atoms. The van der Waals surface area contributed by atoms with Crippen LogP contribution < -0.4 is 10.2 Å². The Bertz CT molecular complexity index is 428. The largest absolute Gasteiger partial charge is 0.372 e. The fraction of sp³-hybridized carbons (Fsp3) is 0.600. The van der Waals surface area contributed by atoms with Crippen molar-refractivity contribution in [3.63, 3.8) is 0 Å². The highest BCUT2D eigenvalue weighted by Crippen LogP contribution is 2.30. The van der Waals surface area contributed by atoms with Gasteiger partial charge in [0.25, 0.3) is 0 Å². The summed E-state index contributed by atoms with van der Waals surface area (Å²) in [6.07, 6.45) is 0.492. The molecule has 1 aromatic rings. The first-order chi connectivity index (χ1) is 9.01. The number of benzene rings is 1. The SMILES string of the molecule is CNC(C)c1ccc(N2CC(C)OC(C)C2)c(Cl)c1. The van der Waals surface area contributed by atoms with Gasteiger partial charge in [0.2, 0.25) is 0 Å². The van der Waals surface area contributed by atoms with Crippen LogP contribution in [0.4, 0.5) is 5.69 Å². The molecule has 0 amide bonds. The van der Waals surface area contributed by atoms with Gasteiger partial charge in [-0.3, -0.25) is 0 Å². The quantitative estimate of drug-likeness (QED) is 0.921. The Morgan fingerprint density at radius 3 is 2.47 bits per heavy atom. The predicted molar refractivity (Wildman–Crippen MR) is 81.1 cm³/mol. The molecule has 4 heteroatoms. The van der Waals surface area contributed by atoms with Crippen molar-refractivity contribution < 1.29 is 4.74 Å². The summed E-state index contributed by atoms with van der Waals surface area (Å²) >= 11 is 6.45. The van der Waals surface area contributed by atoms with Gasteiger partial charge in [-0.1, -0.05) is 17.7 Å². The van der Waals surface area contributed by atoms with Crippen molar-refractivity contribution >= 4 is 17.3 Å². The molecule has 0 aliphatic carbocycles. The number of nitrogens with zero attached hydrogens (tertiary/aromatic N) is 1. The lowest BCUT2D eigenvalue weighted by molar-refractivity contribution is -0.00520. The minimum atomic E-state index is 0.246. The standard InChI is InChI=1S/C15H23ClN2O/c1-10-8-18(9-11(2)19-10)15-6-5-13(7-14(15)16)12(3)17-4/h5-7,10-12,17H,8-9H2,1-4H3. The normalized spacial score (nSPS) is 25.4. The molecule has 106 valence electrons. The number of ether oxygens (including phenoxy) is 1. The van der Waals surface area contributed by atoms with E-state index >= 15 is 0 Å². The molecule has 0 saturated carbocycles. The van der Waals surface area contributed by atoms with Crippen molar-refractivity contribution in [2.24, 2.45) is 0 Å². The predicted octanol–water partition coefficient (Wildman–Crippen LogP) is 3.23. The van der Waals surface area contributed by atoms with Crippen LogP contribution in [0.2, 0.25) is 5.02 Å². The van der Waals surface area contributed by atoms with Gasteiger partial charge in [0.15, 0.2) is 0 Å². The Kier molecular flexibility index (Phi) is 4.71. The topological polar surface area (TPSA) is 24.5 Å². The molecule has 1 heterocycles. The fourth-order valence-corrected chi connectivity index (χ4v) is 2.90. The fourth-order valence-electron chi connectivity index (χ4n) is 2.59. The molecule has 3 atom stereocenters. The Balaban J connectivity index is 2.21. The average molecular weight is 283 g/mol. The van der Waals surface area contributed by atoms with Gasteiger partial charge >= 0.3 is 0 Å². The van der Waals surface area contributed by atoms with Crippen molar-refractivity contribution in [1.29, 1.82) is 0 Å². The molecule has 1 N–H and O–H groups in total. The van der Waals surface area contributed by atoms with Crippen LogP contribution in [0.5, 0.6) is 0 Å². The number of hydrogen-bond acceptors (Lipinski definition) is 3. The number of nitrogens with one attached hydrogen (secondary N) is 1. The summed E-state index contributed by atoms with van der Waals surface area (Å²) in [5.74, 6) is 0. The van der Waals surface area contributed by atoms with Gasteiger partial charge in [0.1, 0.15) is 0 Å². The molecule has 0 aromatic heterocycles. The number of hydrogen-bond donors (Lipinski definition) is 1. The van der Waals surface area contributed by atoms with Crippen molar-refractivity contribution in [1.82, 2.24) is 5.32 Å². The minimum Gasteiger partial charge on any atom is -0.372 e. The first-order valence-electron chi connectivity index (χ1n) is 6.88.